The molecule has 1 aromatic carbocycles. The minimum atomic E-state index is -0.223. The maximum absolute atomic E-state index is 11.9. The van der Waals surface area contributed by atoms with Crippen molar-refractivity contribution in [1.82, 2.24) is 4.98 Å². The van der Waals surface area contributed by atoms with Crippen LogP contribution in [0.5, 0.6) is 0 Å². The van der Waals surface area contributed by atoms with Crippen LogP contribution in [-0.4, -0.2) is 16.7 Å². The number of amides is 1. The summed E-state index contributed by atoms with van der Waals surface area (Å²) in [7, 11) is 0. The van der Waals surface area contributed by atoms with Gasteiger partial charge in [-0.05, 0) is 26.0 Å². The molecule has 18 heavy (non-hydrogen) atoms. The second-order valence-corrected chi connectivity index (χ2v) is 4.74. The average molecular weight is 260 g/mol. The molecule has 1 heterocycles. The molecule has 4 nitrogen and oxygen atoms in total. The van der Waals surface area contributed by atoms with Crippen LogP contribution in [0.15, 0.2) is 29.6 Å². The number of hydrogen-bond donors (Lipinski definition) is 1. The number of nitrogens with zero attached hydrogens (tertiary/aromatic N) is 1. The second kappa shape index (κ2) is 5.10. The largest absolute Gasteiger partial charge is 0.298 e. The van der Waals surface area contributed by atoms with Crippen LogP contribution in [0.2, 0.25) is 0 Å². The van der Waals surface area contributed by atoms with Gasteiger partial charge in [0.25, 0.3) is 5.91 Å². The fraction of sp³-hybridized carbons (Fsp3) is 0.154. The molecule has 1 aromatic heterocycles. The molecule has 2 aromatic rings. The number of aromatic nitrogens is 1. The van der Waals surface area contributed by atoms with Gasteiger partial charge in [0.2, 0.25) is 0 Å². The monoisotopic (exact) mass is 260 g/mol. The van der Waals surface area contributed by atoms with Gasteiger partial charge in [0.15, 0.2) is 10.9 Å². The molecule has 0 saturated heterocycles. The number of carbonyl (C=O) groups is 2. The highest BCUT2D eigenvalue weighted by atomic mass is 32.1. The first kappa shape index (κ1) is 12.4. The predicted molar refractivity (Wildman–Crippen MR) is 71.3 cm³/mol. The predicted octanol–water partition coefficient (Wildman–Crippen LogP) is 2.91. The number of nitrogens with one attached hydrogen (secondary N) is 1. The molecule has 0 atom stereocenters. The van der Waals surface area contributed by atoms with Crippen LogP contribution in [-0.2, 0) is 0 Å². The van der Waals surface area contributed by atoms with E-state index in [4.69, 9.17) is 0 Å². The van der Waals surface area contributed by atoms with Gasteiger partial charge in [-0.3, -0.25) is 14.9 Å². The normalized spacial score (nSPS) is 10.1. The Balaban J connectivity index is 2.11. The number of hydrogen-bond acceptors (Lipinski definition) is 4. The summed E-state index contributed by atoms with van der Waals surface area (Å²) >= 11 is 1.38. The lowest BCUT2D eigenvalue weighted by Gasteiger charge is -2.02. The summed E-state index contributed by atoms with van der Waals surface area (Å²) in [6.45, 7) is 3.36. The summed E-state index contributed by atoms with van der Waals surface area (Å²) in [5.74, 6) is -0.239. The van der Waals surface area contributed by atoms with E-state index in [-0.39, 0.29) is 11.7 Å². The Morgan fingerprint density at radius 3 is 2.28 bits per heavy atom. The molecular weight excluding hydrogens is 248 g/mol. The van der Waals surface area contributed by atoms with Gasteiger partial charge in [-0.25, -0.2) is 4.98 Å². The molecule has 0 aliphatic heterocycles. The third kappa shape index (κ3) is 2.81. The summed E-state index contributed by atoms with van der Waals surface area (Å²) in [6, 6.07) is 6.55. The Morgan fingerprint density at radius 2 is 1.78 bits per heavy atom. The zero-order valence-electron chi connectivity index (χ0n) is 10.1. The maximum atomic E-state index is 11.9. The van der Waals surface area contributed by atoms with Gasteiger partial charge in [-0.2, -0.15) is 0 Å². The standard InChI is InChI=1S/C13H12N2O2S/c1-8-7-18-13(14-8)15-12(17)11-5-3-10(4-6-11)9(2)16/h3-7H,1-2H3,(H,14,15,17). The zero-order chi connectivity index (χ0) is 13.1. The van der Waals surface area contributed by atoms with Crippen molar-refractivity contribution >= 4 is 28.2 Å². The number of ketones is 1. The first-order chi connectivity index (χ1) is 8.56. The number of rotatable bonds is 3. The van der Waals surface area contributed by atoms with E-state index in [0.717, 1.165) is 5.69 Å². The molecular formula is C13H12N2O2S. The highest BCUT2D eigenvalue weighted by molar-refractivity contribution is 7.13. The van der Waals surface area contributed by atoms with E-state index in [1.807, 2.05) is 12.3 Å². The van der Waals surface area contributed by atoms with Crippen LogP contribution in [0, 0.1) is 6.92 Å². The minimum absolute atomic E-state index is 0.0162. The average Bonchev–Trinajstić information content (AvgIpc) is 2.75. The number of benzene rings is 1. The van der Waals surface area contributed by atoms with E-state index in [2.05, 4.69) is 10.3 Å². The van der Waals surface area contributed by atoms with Crippen molar-refractivity contribution in [3.05, 3.63) is 46.5 Å². The Hall–Kier alpha value is -2.01. The maximum Gasteiger partial charge on any atom is 0.257 e. The van der Waals surface area contributed by atoms with E-state index in [9.17, 15) is 9.59 Å². The summed E-state index contributed by atoms with van der Waals surface area (Å²) in [5, 5.41) is 5.16. The number of carbonyl (C=O) groups excluding carboxylic acids is 2. The SMILES string of the molecule is CC(=O)c1ccc(C(=O)Nc2nc(C)cs2)cc1. The molecule has 0 saturated carbocycles. The molecule has 5 heteroatoms. The molecule has 0 bridgehead atoms. The van der Waals surface area contributed by atoms with Gasteiger partial charge in [0.1, 0.15) is 0 Å². The summed E-state index contributed by atoms with van der Waals surface area (Å²) in [5.41, 5.74) is 1.98. The smallest absolute Gasteiger partial charge is 0.257 e. The molecule has 0 unspecified atom stereocenters. The molecule has 92 valence electrons. The molecule has 1 N–H and O–H groups in total. The van der Waals surface area contributed by atoms with Crippen molar-refractivity contribution in [3.63, 3.8) is 0 Å². The Morgan fingerprint density at radius 1 is 1.17 bits per heavy atom. The van der Waals surface area contributed by atoms with Crippen molar-refractivity contribution in [2.75, 3.05) is 5.32 Å². The highest BCUT2D eigenvalue weighted by Crippen LogP contribution is 2.15. The van der Waals surface area contributed by atoms with Crippen molar-refractivity contribution in [1.29, 1.82) is 0 Å². The van der Waals surface area contributed by atoms with Crippen LogP contribution in [0.1, 0.15) is 33.3 Å². The molecule has 0 fully saturated rings. The lowest BCUT2D eigenvalue weighted by Crippen LogP contribution is -2.11. The van der Waals surface area contributed by atoms with Gasteiger partial charge in [0, 0.05) is 16.5 Å². The first-order valence-electron chi connectivity index (χ1n) is 5.41. The molecule has 0 spiro atoms. The molecule has 0 aliphatic carbocycles. The fourth-order valence-electron chi connectivity index (χ4n) is 1.44. The number of thiazole rings is 1. The van der Waals surface area contributed by atoms with Crippen molar-refractivity contribution in [3.8, 4) is 0 Å². The molecule has 0 radical (unpaired) electrons. The van der Waals surface area contributed by atoms with Crippen LogP contribution >= 0.6 is 11.3 Å². The lowest BCUT2D eigenvalue weighted by atomic mass is 10.1. The summed E-state index contributed by atoms with van der Waals surface area (Å²) in [6.07, 6.45) is 0. The molecule has 0 aliphatic rings. The third-order valence-electron chi connectivity index (χ3n) is 2.39. The van der Waals surface area contributed by atoms with Crippen LogP contribution in [0.3, 0.4) is 0 Å². The summed E-state index contributed by atoms with van der Waals surface area (Å²) in [4.78, 5) is 27.1. The van der Waals surface area contributed by atoms with E-state index in [1.54, 1.807) is 24.3 Å². The van der Waals surface area contributed by atoms with Crippen LogP contribution < -0.4 is 5.32 Å². The van der Waals surface area contributed by atoms with Crippen molar-refractivity contribution in [2.45, 2.75) is 13.8 Å². The lowest BCUT2D eigenvalue weighted by molar-refractivity contribution is 0.100. The summed E-state index contributed by atoms with van der Waals surface area (Å²) < 4.78 is 0. The van der Waals surface area contributed by atoms with Crippen molar-refractivity contribution in [2.24, 2.45) is 0 Å². The van der Waals surface area contributed by atoms with E-state index in [0.29, 0.717) is 16.3 Å². The van der Waals surface area contributed by atoms with Gasteiger partial charge in [-0.15, -0.1) is 11.3 Å². The first-order valence-corrected chi connectivity index (χ1v) is 6.28. The van der Waals surface area contributed by atoms with Crippen LogP contribution in [0.4, 0.5) is 5.13 Å². The zero-order valence-corrected chi connectivity index (χ0v) is 10.9. The fourth-order valence-corrected chi connectivity index (χ4v) is 2.12. The van der Waals surface area contributed by atoms with Gasteiger partial charge in [-0.1, -0.05) is 12.1 Å². The topological polar surface area (TPSA) is 59.1 Å². The number of aryl methyl sites for hydroxylation is 1. The molecule has 1 amide bonds. The highest BCUT2D eigenvalue weighted by Gasteiger charge is 2.08. The Labute approximate surface area is 109 Å². The Bertz CT molecular complexity index is 587. The van der Waals surface area contributed by atoms with Gasteiger partial charge >= 0.3 is 0 Å². The van der Waals surface area contributed by atoms with Crippen LogP contribution in [0.25, 0.3) is 0 Å². The van der Waals surface area contributed by atoms with Gasteiger partial charge < -0.3 is 0 Å². The van der Waals surface area contributed by atoms with Crippen molar-refractivity contribution < 1.29 is 9.59 Å². The molecule has 2 rings (SSSR count). The quantitative estimate of drug-likeness (QED) is 0.863. The number of Topliss-reactive ketones (excluding diaryl/α,β-unsaturated/α-hetero) is 1. The van der Waals surface area contributed by atoms with E-state index in [1.165, 1.54) is 18.3 Å². The van der Waals surface area contributed by atoms with E-state index >= 15 is 0 Å². The number of anilines is 1. The Kier molecular flexibility index (Phi) is 3.53. The third-order valence-corrected chi connectivity index (χ3v) is 3.27. The minimum Gasteiger partial charge on any atom is -0.298 e. The second-order valence-electron chi connectivity index (χ2n) is 3.88. The van der Waals surface area contributed by atoms with Gasteiger partial charge in [0.05, 0.1) is 5.69 Å². The van der Waals surface area contributed by atoms with E-state index < -0.39 is 0 Å².